The van der Waals surface area contributed by atoms with E-state index in [1.165, 1.54) is 6.08 Å². The first-order valence-corrected chi connectivity index (χ1v) is 6.43. The highest BCUT2D eigenvalue weighted by Crippen LogP contribution is 2.07. The number of amides is 1. The van der Waals surface area contributed by atoms with E-state index in [0.717, 1.165) is 25.9 Å². The minimum atomic E-state index is -0.336. The molecule has 0 aromatic heterocycles. The lowest BCUT2D eigenvalue weighted by molar-refractivity contribution is -0.137. The molecule has 0 saturated carbocycles. The molecule has 1 amide bonds. The largest absolute Gasteiger partial charge is 0.463 e. The van der Waals surface area contributed by atoms with Crippen molar-refractivity contribution in [2.24, 2.45) is 0 Å². The molecule has 102 valence electrons. The van der Waals surface area contributed by atoms with E-state index in [1.807, 2.05) is 16.8 Å². The Hall–Kier alpha value is -1.36. The van der Waals surface area contributed by atoms with Crippen molar-refractivity contribution in [2.45, 2.75) is 19.8 Å². The maximum absolute atomic E-state index is 11.8. The normalized spacial score (nSPS) is 15.6. The molecule has 1 aliphatic heterocycles. The van der Waals surface area contributed by atoms with Gasteiger partial charge in [0.25, 0.3) is 0 Å². The number of nitrogens with zero attached hydrogens (tertiary/aromatic N) is 2. The number of ether oxygens (including phenoxy) is 1. The van der Waals surface area contributed by atoms with Gasteiger partial charge in [0, 0.05) is 25.7 Å². The standard InChI is InChI=1S/C13H22N2O3/c1-3-18-13(17)7-6-8-14(2)11-12(16)15-9-4-5-10-15/h6-7H,3-5,8-11H2,1-2H3/b7-6+. The van der Waals surface area contributed by atoms with Crippen molar-refractivity contribution >= 4 is 11.9 Å². The molecule has 5 nitrogen and oxygen atoms in total. The van der Waals surface area contributed by atoms with Crippen LogP contribution in [0.2, 0.25) is 0 Å². The number of carbonyl (C=O) groups excluding carboxylic acids is 2. The smallest absolute Gasteiger partial charge is 0.330 e. The van der Waals surface area contributed by atoms with Gasteiger partial charge >= 0.3 is 5.97 Å². The summed E-state index contributed by atoms with van der Waals surface area (Å²) in [6.07, 6.45) is 5.34. The zero-order chi connectivity index (χ0) is 13.4. The monoisotopic (exact) mass is 254 g/mol. The van der Waals surface area contributed by atoms with E-state index in [1.54, 1.807) is 13.0 Å². The summed E-state index contributed by atoms with van der Waals surface area (Å²) in [5, 5.41) is 0. The lowest BCUT2D eigenvalue weighted by Crippen LogP contribution is -2.37. The minimum absolute atomic E-state index is 0.166. The second-order valence-electron chi connectivity index (χ2n) is 4.44. The summed E-state index contributed by atoms with van der Waals surface area (Å²) in [5.74, 6) is -0.170. The van der Waals surface area contributed by atoms with Crippen molar-refractivity contribution < 1.29 is 14.3 Å². The van der Waals surface area contributed by atoms with Gasteiger partial charge in [0.05, 0.1) is 13.2 Å². The zero-order valence-electron chi connectivity index (χ0n) is 11.2. The molecular formula is C13H22N2O3. The SMILES string of the molecule is CCOC(=O)/C=C/CN(C)CC(=O)N1CCCC1. The van der Waals surface area contributed by atoms with Crippen LogP contribution in [0.4, 0.5) is 0 Å². The van der Waals surface area contributed by atoms with Gasteiger partial charge in [0.15, 0.2) is 0 Å². The highest BCUT2D eigenvalue weighted by molar-refractivity contribution is 5.82. The molecule has 0 bridgehead atoms. The zero-order valence-corrected chi connectivity index (χ0v) is 11.2. The third kappa shape index (κ3) is 5.31. The molecule has 0 radical (unpaired) electrons. The number of rotatable bonds is 6. The summed E-state index contributed by atoms with van der Waals surface area (Å²) in [6, 6.07) is 0. The second kappa shape index (κ2) is 7.87. The molecule has 18 heavy (non-hydrogen) atoms. The molecule has 0 unspecified atom stereocenters. The van der Waals surface area contributed by atoms with Crippen LogP contribution in [0.5, 0.6) is 0 Å². The Bertz CT molecular complexity index is 309. The molecule has 1 saturated heterocycles. The van der Waals surface area contributed by atoms with Gasteiger partial charge in [-0.15, -0.1) is 0 Å². The van der Waals surface area contributed by atoms with Crippen LogP contribution < -0.4 is 0 Å². The van der Waals surface area contributed by atoms with Gasteiger partial charge in [-0.05, 0) is 26.8 Å². The molecule has 0 N–H and O–H groups in total. The topological polar surface area (TPSA) is 49.9 Å². The quantitative estimate of drug-likeness (QED) is 0.516. The van der Waals surface area contributed by atoms with E-state index in [-0.39, 0.29) is 11.9 Å². The van der Waals surface area contributed by atoms with Crippen molar-refractivity contribution in [1.82, 2.24) is 9.80 Å². The highest BCUT2D eigenvalue weighted by atomic mass is 16.5. The van der Waals surface area contributed by atoms with Crippen LogP contribution >= 0.6 is 0 Å². The molecule has 1 fully saturated rings. The van der Waals surface area contributed by atoms with E-state index in [4.69, 9.17) is 4.74 Å². The van der Waals surface area contributed by atoms with Crippen LogP contribution in [0.3, 0.4) is 0 Å². The van der Waals surface area contributed by atoms with Crippen molar-refractivity contribution in [3.05, 3.63) is 12.2 Å². The molecule has 0 aromatic rings. The van der Waals surface area contributed by atoms with Crippen molar-refractivity contribution in [1.29, 1.82) is 0 Å². The Kier molecular flexibility index (Phi) is 6.43. The number of hydrogen-bond donors (Lipinski definition) is 0. The maximum atomic E-state index is 11.8. The van der Waals surface area contributed by atoms with E-state index in [9.17, 15) is 9.59 Å². The lowest BCUT2D eigenvalue weighted by atomic mass is 10.4. The van der Waals surface area contributed by atoms with Gasteiger partial charge in [-0.3, -0.25) is 9.69 Å². The summed E-state index contributed by atoms with van der Waals surface area (Å²) >= 11 is 0. The number of likely N-dealkylation sites (N-methyl/N-ethyl adjacent to an activating group) is 1. The summed E-state index contributed by atoms with van der Waals surface area (Å²) < 4.78 is 4.77. The van der Waals surface area contributed by atoms with Crippen LogP contribution in [0.25, 0.3) is 0 Å². The van der Waals surface area contributed by atoms with E-state index < -0.39 is 0 Å². The first-order valence-electron chi connectivity index (χ1n) is 6.43. The van der Waals surface area contributed by atoms with Crippen molar-refractivity contribution in [3.8, 4) is 0 Å². The molecular weight excluding hydrogens is 232 g/mol. The Labute approximate surface area is 108 Å². The third-order valence-corrected chi connectivity index (χ3v) is 2.82. The molecule has 0 spiro atoms. The fourth-order valence-corrected chi connectivity index (χ4v) is 1.88. The average molecular weight is 254 g/mol. The van der Waals surface area contributed by atoms with Crippen molar-refractivity contribution in [2.75, 3.05) is 39.8 Å². The van der Waals surface area contributed by atoms with Gasteiger partial charge < -0.3 is 9.64 Å². The molecule has 1 heterocycles. The molecule has 0 aliphatic carbocycles. The molecule has 5 heteroatoms. The Balaban J connectivity index is 2.22. The number of carbonyl (C=O) groups is 2. The second-order valence-corrected chi connectivity index (χ2v) is 4.44. The van der Waals surface area contributed by atoms with E-state index in [2.05, 4.69) is 0 Å². The van der Waals surface area contributed by atoms with Crippen LogP contribution in [-0.2, 0) is 14.3 Å². The molecule has 0 aromatic carbocycles. The first kappa shape index (κ1) is 14.7. The van der Waals surface area contributed by atoms with Crippen LogP contribution in [0, 0.1) is 0 Å². The Morgan fingerprint density at radius 1 is 1.33 bits per heavy atom. The molecule has 1 aliphatic rings. The number of likely N-dealkylation sites (tertiary alicyclic amines) is 1. The van der Waals surface area contributed by atoms with E-state index >= 15 is 0 Å². The summed E-state index contributed by atoms with van der Waals surface area (Å²) in [7, 11) is 1.86. The van der Waals surface area contributed by atoms with Crippen LogP contribution in [-0.4, -0.2) is 61.5 Å². The summed E-state index contributed by atoms with van der Waals surface area (Å²) in [5.41, 5.74) is 0. The Morgan fingerprint density at radius 2 is 2.00 bits per heavy atom. The van der Waals surface area contributed by atoms with Gasteiger partial charge in [-0.25, -0.2) is 4.79 Å². The van der Waals surface area contributed by atoms with Gasteiger partial charge in [0.1, 0.15) is 0 Å². The first-order chi connectivity index (χ1) is 8.63. The summed E-state index contributed by atoms with van der Waals surface area (Å²) in [6.45, 7) is 4.88. The minimum Gasteiger partial charge on any atom is -0.463 e. The maximum Gasteiger partial charge on any atom is 0.330 e. The lowest BCUT2D eigenvalue weighted by Gasteiger charge is -2.19. The van der Waals surface area contributed by atoms with Gasteiger partial charge in [0.2, 0.25) is 5.91 Å². The molecule has 1 rings (SSSR count). The number of hydrogen-bond acceptors (Lipinski definition) is 4. The average Bonchev–Trinajstić information content (AvgIpc) is 2.82. The fourth-order valence-electron chi connectivity index (χ4n) is 1.88. The van der Waals surface area contributed by atoms with Gasteiger partial charge in [-0.2, -0.15) is 0 Å². The predicted octanol–water partition coefficient (Wildman–Crippen LogP) is 0.660. The number of esters is 1. The predicted molar refractivity (Wildman–Crippen MR) is 69.1 cm³/mol. The molecule has 0 atom stereocenters. The summed E-state index contributed by atoms with van der Waals surface area (Å²) in [4.78, 5) is 26.7. The van der Waals surface area contributed by atoms with Crippen molar-refractivity contribution in [3.63, 3.8) is 0 Å². The van der Waals surface area contributed by atoms with Crippen LogP contribution in [0.1, 0.15) is 19.8 Å². The third-order valence-electron chi connectivity index (χ3n) is 2.82. The van der Waals surface area contributed by atoms with E-state index in [0.29, 0.717) is 19.7 Å². The highest BCUT2D eigenvalue weighted by Gasteiger charge is 2.18. The Morgan fingerprint density at radius 3 is 2.61 bits per heavy atom. The van der Waals surface area contributed by atoms with Gasteiger partial charge in [-0.1, -0.05) is 6.08 Å². The fraction of sp³-hybridized carbons (Fsp3) is 0.692. The van der Waals surface area contributed by atoms with Crippen LogP contribution in [0.15, 0.2) is 12.2 Å².